The van der Waals surface area contributed by atoms with Gasteiger partial charge in [-0.05, 0) is 49.1 Å². The molecule has 0 spiro atoms. The Morgan fingerprint density at radius 1 is 1.00 bits per heavy atom. The molecule has 0 atom stereocenters. The number of carbonyl (C=O) groups excluding carboxylic acids is 2. The zero-order valence-corrected chi connectivity index (χ0v) is 13.9. The van der Waals surface area contributed by atoms with Gasteiger partial charge in [-0.3, -0.25) is 9.59 Å². The van der Waals surface area contributed by atoms with Crippen LogP contribution in [0.1, 0.15) is 48.5 Å². The number of nitrogens with one attached hydrogen (secondary N) is 1. The van der Waals surface area contributed by atoms with E-state index in [0.29, 0.717) is 24.3 Å². The van der Waals surface area contributed by atoms with E-state index >= 15 is 0 Å². The Labute approximate surface area is 142 Å². The van der Waals surface area contributed by atoms with Gasteiger partial charge in [-0.2, -0.15) is 0 Å². The first-order valence-corrected chi connectivity index (χ1v) is 8.30. The van der Waals surface area contributed by atoms with E-state index in [2.05, 4.69) is 5.32 Å². The van der Waals surface area contributed by atoms with Crippen molar-refractivity contribution in [2.24, 2.45) is 0 Å². The lowest BCUT2D eigenvalue weighted by Gasteiger charge is -2.08. The molecule has 0 aliphatic carbocycles. The number of hydrogen-bond acceptors (Lipinski definition) is 3. The number of aromatic hydroxyl groups is 1. The van der Waals surface area contributed by atoms with E-state index in [1.54, 1.807) is 18.2 Å². The van der Waals surface area contributed by atoms with Gasteiger partial charge in [0.2, 0.25) is 0 Å². The number of phenolic OH excluding ortho intramolecular Hbond substituents is 1. The van der Waals surface area contributed by atoms with Gasteiger partial charge in [-0.15, -0.1) is 0 Å². The topological polar surface area (TPSA) is 66.4 Å². The second kappa shape index (κ2) is 8.87. The molecule has 2 rings (SSSR count). The molecule has 0 unspecified atom stereocenters. The van der Waals surface area contributed by atoms with E-state index in [1.807, 2.05) is 31.2 Å². The van der Waals surface area contributed by atoms with Crippen molar-refractivity contribution < 1.29 is 14.7 Å². The number of Topliss-reactive ketones (excluding diaryl/α,β-unsaturated/α-hetero) is 1. The van der Waals surface area contributed by atoms with Crippen LogP contribution in [0.4, 0.5) is 5.69 Å². The molecule has 0 aromatic heterocycles. The van der Waals surface area contributed by atoms with Crippen molar-refractivity contribution in [1.82, 2.24) is 0 Å². The minimum absolute atomic E-state index is 0.0385. The molecule has 0 heterocycles. The maximum absolute atomic E-state index is 12.1. The van der Waals surface area contributed by atoms with Gasteiger partial charge in [0.05, 0.1) is 5.56 Å². The van der Waals surface area contributed by atoms with Crippen LogP contribution in [0.15, 0.2) is 48.5 Å². The minimum atomic E-state index is -0.342. The number of ketones is 1. The normalized spacial score (nSPS) is 10.4. The minimum Gasteiger partial charge on any atom is -0.507 e. The molecule has 0 saturated heterocycles. The number of benzene rings is 2. The van der Waals surface area contributed by atoms with Crippen LogP contribution in [0.25, 0.3) is 0 Å². The van der Waals surface area contributed by atoms with E-state index in [9.17, 15) is 14.7 Å². The van der Waals surface area contributed by atoms with E-state index in [-0.39, 0.29) is 17.2 Å². The molecule has 4 nitrogen and oxygen atoms in total. The quantitative estimate of drug-likeness (QED) is 0.759. The summed E-state index contributed by atoms with van der Waals surface area (Å²) in [4.78, 5) is 23.6. The number of amides is 1. The highest BCUT2D eigenvalue weighted by atomic mass is 16.3. The van der Waals surface area contributed by atoms with Crippen LogP contribution in [0.5, 0.6) is 5.75 Å². The van der Waals surface area contributed by atoms with Gasteiger partial charge in [0.1, 0.15) is 11.5 Å². The molecule has 0 aliphatic rings. The van der Waals surface area contributed by atoms with Gasteiger partial charge in [-0.1, -0.05) is 31.2 Å². The predicted octanol–water partition coefficient (Wildman–Crippen LogP) is 4.34. The second-order valence-electron chi connectivity index (χ2n) is 5.81. The Kier molecular flexibility index (Phi) is 6.55. The third-order valence-electron chi connectivity index (χ3n) is 3.81. The highest BCUT2D eigenvalue weighted by Gasteiger charge is 2.10. The van der Waals surface area contributed by atoms with Crippen molar-refractivity contribution in [2.45, 2.75) is 39.0 Å². The third kappa shape index (κ3) is 5.23. The van der Waals surface area contributed by atoms with Crippen LogP contribution in [0, 0.1) is 0 Å². The van der Waals surface area contributed by atoms with Gasteiger partial charge in [-0.25, -0.2) is 0 Å². The van der Waals surface area contributed by atoms with Gasteiger partial charge in [0, 0.05) is 18.5 Å². The smallest absolute Gasteiger partial charge is 0.259 e. The molecule has 2 N–H and O–H groups in total. The van der Waals surface area contributed by atoms with E-state index in [0.717, 1.165) is 24.8 Å². The summed E-state index contributed by atoms with van der Waals surface area (Å²) >= 11 is 0. The molecule has 2 aromatic rings. The summed E-state index contributed by atoms with van der Waals surface area (Å²) in [5.74, 6) is -0.0570. The molecule has 0 aliphatic heterocycles. The van der Waals surface area contributed by atoms with Crippen LogP contribution in [-0.2, 0) is 11.2 Å². The molecule has 126 valence electrons. The van der Waals surface area contributed by atoms with Crippen LogP contribution < -0.4 is 5.32 Å². The summed E-state index contributed by atoms with van der Waals surface area (Å²) in [5.41, 5.74) is 2.06. The van der Waals surface area contributed by atoms with Crippen molar-refractivity contribution in [3.8, 4) is 5.75 Å². The molecule has 2 aromatic carbocycles. The van der Waals surface area contributed by atoms with Crippen LogP contribution in [-0.4, -0.2) is 16.8 Å². The zero-order valence-electron chi connectivity index (χ0n) is 13.9. The average Bonchev–Trinajstić information content (AvgIpc) is 2.57. The molecular formula is C20H23NO3. The van der Waals surface area contributed by atoms with Crippen LogP contribution >= 0.6 is 0 Å². The van der Waals surface area contributed by atoms with Crippen molar-refractivity contribution in [3.05, 3.63) is 59.7 Å². The summed E-state index contributed by atoms with van der Waals surface area (Å²) < 4.78 is 0. The summed E-state index contributed by atoms with van der Waals surface area (Å²) in [7, 11) is 0. The SMILES string of the molecule is CCCC(=O)CCCc1ccc(NC(=O)c2ccccc2O)cc1. The van der Waals surface area contributed by atoms with Crippen molar-refractivity contribution in [3.63, 3.8) is 0 Å². The number of anilines is 1. The number of phenols is 1. The maximum atomic E-state index is 12.1. The molecule has 0 fully saturated rings. The lowest BCUT2D eigenvalue weighted by atomic mass is 10.0. The van der Waals surface area contributed by atoms with E-state index in [1.165, 1.54) is 6.07 Å². The fourth-order valence-corrected chi connectivity index (χ4v) is 2.51. The molecule has 4 heteroatoms. The largest absolute Gasteiger partial charge is 0.507 e. The summed E-state index contributed by atoms with van der Waals surface area (Å²) in [6.07, 6.45) is 3.90. The Bertz CT molecular complexity index is 692. The first-order chi connectivity index (χ1) is 11.6. The Balaban J connectivity index is 1.87. The Hall–Kier alpha value is -2.62. The number of rotatable bonds is 8. The van der Waals surface area contributed by atoms with Gasteiger partial charge >= 0.3 is 0 Å². The van der Waals surface area contributed by atoms with Crippen molar-refractivity contribution in [1.29, 1.82) is 0 Å². The fraction of sp³-hybridized carbons (Fsp3) is 0.300. The number of carbonyl (C=O) groups is 2. The highest BCUT2D eigenvalue weighted by Crippen LogP contribution is 2.18. The number of aryl methyl sites for hydroxylation is 1. The monoisotopic (exact) mass is 325 g/mol. The molecule has 1 amide bonds. The van der Waals surface area contributed by atoms with E-state index in [4.69, 9.17) is 0 Å². The number of para-hydroxylation sites is 1. The standard InChI is InChI=1S/C20H23NO3/c1-2-6-17(22)8-5-7-15-11-13-16(14-12-15)21-20(24)18-9-3-4-10-19(18)23/h3-4,9-14,23H,2,5-8H2,1H3,(H,21,24). The highest BCUT2D eigenvalue weighted by molar-refractivity contribution is 6.06. The van der Waals surface area contributed by atoms with Crippen molar-refractivity contribution in [2.75, 3.05) is 5.32 Å². The van der Waals surface area contributed by atoms with Crippen LogP contribution in [0.3, 0.4) is 0 Å². The molecule has 0 saturated carbocycles. The molecule has 0 radical (unpaired) electrons. The summed E-state index contributed by atoms with van der Waals surface area (Å²) in [6.45, 7) is 2.01. The fourth-order valence-electron chi connectivity index (χ4n) is 2.51. The van der Waals surface area contributed by atoms with Crippen molar-refractivity contribution >= 4 is 17.4 Å². The third-order valence-corrected chi connectivity index (χ3v) is 3.81. The number of hydrogen-bond donors (Lipinski definition) is 2. The molecular weight excluding hydrogens is 302 g/mol. The van der Waals surface area contributed by atoms with E-state index < -0.39 is 0 Å². The molecule has 24 heavy (non-hydrogen) atoms. The van der Waals surface area contributed by atoms with Gasteiger partial charge < -0.3 is 10.4 Å². The Morgan fingerprint density at radius 3 is 2.38 bits per heavy atom. The first kappa shape index (κ1) is 17.7. The maximum Gasteiger partial charge on any atom is 0.259 e. The predicted molar refractivity (Wildman–Crippen MR) is 95.4 cm³/mol. The second-order valence-corrected chi connectivity index (χ2v) is 5.81. The Morgan fingerprint density at radius 2 is 1.71 bits per heavy atom. The zero-order chi connectivity index (χ0) is 17.4. The average molecular weight is 325 g/mol. The van der Waals surface area contributed by atoms with Gasteiger partial charge in [0.25, 0.3) is 5.91 Å². The summed E-state index contributed by atoms with van der Waals surface area (Å²) in [5, 5.41) is 12.5. The molecule has 0 bridgehead atoms. The summed E-state index contributed by atoms with van der Waals surface area (Å²) in [6, 6.07) is 14.0. The lowest BCUT2D eigenvalue weighted by molar-refractivity contribution is -0.119. The first-order valence-electron chi connectivity index (χ1n) is 8.30. The lowest BCUT2D eigenvalue weighted by Crippen LogP contribution is -2.11. The van der Waals surface area contributed by atoms with Crippen LogP contribution in [0.2, 0.25) is 0 Å². The van der Waals surface area contributed by atoms with Gasteiger partial charge in [0.15, 0.2) is 0 Å².